The van der Waals surface area contributed by atoms with E-state index >= 15 is 0 Å². The van der Waals surface area contributed by atoms with Gasteiger partial charge in [-0.15, -0.1) is 0 Å². The van der Waals surface area contributed by atoms with E-state index in [0.29, 0.717) is 11.8 Å². The van der Waals surface area contributed by atoms with Crippen LogP contribution in [0.1, 0.15) is 109 Å². The van der Waals surface area contributed by atoms with Crippen molar-refractivity contribution in [2.24, 2.45) is 34.5 Å². The number of ether oxygens (including phenoxy) is 4. The van der Waals surface area contributed by atoms with Crippen LogP contribution in [0, 0.1) is 34.5 Å². The van der Waals surface area contributed by atoms with E-state index in [9.17, 15) is 40.9 Å². The largest absolute Gasteiger partial charge is 0.394 e. The Kier molecular flexibility index (Phi) is 25.1. The quantitative estimate of drug-likeness (QED) is 0.0379. The van der Waals surface area contributed by atoms with Crippen LogP contribution in [0.25, 0.3) is 0 Å². The van der Waals surface area contributed by atoms with Gasteiger partial charge in [0.05, 0.1) is 26.4 Å². The highest BCUT2D eigenvalue weighted by Crippen LogP contribution is 2.49. The molecule has 12 nitrogen and oxygen atoms in total. The normalized spacial score (nSPS) is 34.2. The summed E-state index contributed by atoms with van der Waals surface area (Å²) in [7, 11) is 0. The molecule has 0 aromatic heterocycles. The molecule has 0 amide bonds. The van der Waals surface area contributed by atoms with E-state index in [1.807, 2.05) is 13.8 Å². The van der Waals surface area contributed by atoms with Crippen molar-refractivity contribution in [1.82, 2.24) is 0 Å². The Balaban J connectivity index is 1.23. The second kappa shape index (κ2) is 29.6. The van der Waals surface area contributed by atoms with Crippen molar-refractivity contribution in [1.29, 1.82) is 0 Å². The Hall–Kier alpha value is -3.86. The lowest BCUT2D eigenvalue weighted by molar-refractivity contribution is -0.299. The number of aliphatic hydroxyl groups is 8. The summed E-state index contributed by atoms with van der Waals surface area (Å²) in [5.41, 5.74) is 9.30. The maximum Gasteiger partial charge on any atom is 0.187 e. The zero-order valence-corrected chi connectivity index (χ0v) is 46.3. The van der Waals surface area contributed by atoms with Gasteiger partial charge in [-0.3, -0.25) is 0 Å². The highest BCUT2D eigenvalue weighted by atomic mass is 16.7. The molecule has 74 heavy (non-hydrogen) atoms. The standard InChI is InChI=1S/C62H92O12/c1-39(19-15-21-41(3)25-33-49-45(7)27-31-47(61(49,9)10)29-23-43(5)37-71-59-57(69)55(67)53(65)51(35-63)73-59)17-13-14-18-40(2)20-16-22-42(4)26-34-50-46(8)28-32-48(62(50,11)12)30-24-44(6)38-72-60-58(70)56(68)54(66)52(36-64)74-60/h13-28,33-34,47-60,63-70H,29-32,35-38H2,1-12H3/b14-13+,19-15+,20-16+,33-25+,34-26+,39-17+,40-18+,41-21+,42-22+,43-23+,44-24+/t47-,48-,49-,50-,51-,52-,53-,54-,55+,56+,57-,58-,59-,60-/m1/s1. The highest BCUT2D eigenvalue weighted by molar-refractivity contribution is 5.33. The van der Waals surface area contributed by atoms with Crippen LogP contribution in [-0.2, 0) is 18.9 Å². The van der Waals surface area contributed by atoms with E-state index in [4.69, 9.17) is 18.9 Å². The zero-order valence-electron chi connectivity index (χ0n) is 46.3. The fraction of sp³-hybridized carbons (Fsp3) is 0.581. The number of allylic oxidation sites excluding steroid dienone is 24. The molecule has 8 N–H and O–H groups in total. The first kappa shape index (κ1) is 62.7. The van der Waals surface area contributed by atoms with Crippen LogP contribution in [0.4, 0.5) is 0 Å². The molecule has 12 heteroatoms. The molecule has 2 heterocycles. The van der Waals surface area contributed by atoms with Crippen molar-refractivity contribution in [2.45, 2.75) is 170 Å². The van der Waals surface area contributed by atoms with E-state index in [1.54, 1.807) is 0 Å². The van der Waals surface area contributed by atoms with E-state index in [2.05, 4.69) is 179 Å². The average Bonchev–Trinajstić information content (AvgIpc) is 3.34. The molecule has 412 valence electrons. The highest BCUT2D eigenvalue weighted by Gasteiger charge is 2.46. The van der Waals surface area contributed by atoms with Gasteiger partial charge in [0.15, 0.2) is 12.6 Å². The third-order valence-corrected chi connectivity index (χ3v) is 15.7. The Labute approximate surface area is 443 Å². The summed E-state index contributed by atoms with van der Waals surface area (Å²) in [6.07, 6.45) is 29.9. The van der Waals surface area contributed by atoms with Crippen LogP contribution in [0.5, 0.6) is 0 Å². The van der Waals surface area contributed by atoms with Gasteiger partial charge >= 0.3 is 0 Å². The molecular weight excluding hydrogens is 937 g/mol. The van der Waals surface area contributed by atoms with Gasteiger partial charge in [-0.1, -0.05) is 182 Å². The monoisotopic (exact) mass is 1030 g/mol. The fourth-order valence-electron chi connectivity index (χ4n) is 10.3. The van der Waals surface area contributed by atoms with Gasteiger partial charge in [0.2, 0.25) is 0 Å². The number of aliphatic hydroxyl groups excluding tert-OH is 8. The van der Waals surface area contributed by atoms with Crippen LogP contribution >= 0.6 is 0 Å². The van der Waals surface area contributed by atoms with Crippen LogP contribution in [0.15, 0.2) is 154 Å². The second-order valence-corrected chi connectivity index (χ2v) is 22.4. The van der Waals surface area contributed by atoms with Crippen LogP contribution in [-0.4, -0.2) is 129 Å². The lowest BCUT2D eigenvalue weighted by Crippen LogP contribution is -2.59. The molecule has 0 aromatic carbocycles. The molecule has 2 fully saturated rings. The Morgan fingerprint density at radius 2 is 0.851 bits per heavy atom. The molecule has 2 aliphatic carbocycles. The Bertz CT molecular complexity index is 2070. The molecule has 2 saturated heterocycles. The van der Waals surface area contributed by atoms with Crippen molar-refractivity contribution in [3.63, 3.8) is 0 Å². The van der Waals surface area contributed by atoms with E-state index < -0.39 is 74.6 Å². The third kappa shape index (κ3) is 17.9. The summed E-state index contributed by atoms with van der Waals surface area (Å²) >= 11 is 0. The minimum absolute atomic E-state index is 0.00475. The number of hydrogen-bond acceptors (Lipinski definition) is 12. The van der Waals surface area contributed by atoms with E-state index in [-0.39, 0.29) is 35.9 Å². The van der Waals surface area contributed by atoms with Crippen LogP contribution in [0.3, 0.4) is 0 Å². The van der Waals surface area contributed by atoms with Gasteiger partial charge in [0, 0.05) is 11.8 Å². The maximum absolute atomic E-state index is 10.3. The number of hydrogen-bond donors (Lipinski definition) is 8. The summed E-state index contributed by atoms with van der Waals surface area (Å²) < 4.78 is 22.5. The molecule has 0 unspecified atom stereocenters. The Morgan fingerprint density at radius 1 is 0.514 bits per heavy atom. The average molecular weight is 1030 g/mol. The van der Waals surface area contributed by atoms with Gasteiger partial charge < -0.3 is 59.8 Å². The van der Waals surface area contributed by atoms with Crippen molar-refractivity contribution >= 4 is 0 Å². The summed E-state index contributed by atoms with van der Waals surface area (Å²) in [6.45, 7) is 25.5. The lowest BCUT2D eigenvalue weighted by Gasteiger charge is -2.43. The molecule has 0 radical (unpaired) electrons. The molecule has 0 spiro atoms. The molecule has 2 aliphatic heterocycles. The smallest absolute Gasteiger partial charge is 0.187 e. The Morgan fingerprint density at radius 3 is 1.20 bits per heavy atom. The molecule has 4 rings (SSSR count). The maximum atomic E-state index is 10.3. The van der Waals surface area contributed by atoms with Crippen LogP contribution < -0.4 is 0 Å². The molecule has 14 atom stereocenters. The van der Waals surface area contributed by atoms with Gasteiger partial charge in [-0.05, 0) is 104 Å². The molecule has 0 aromatic rings. The fourth-order valence-corrected chi connectivity index (χ4v) is 10.3. The summed E-state index contributed by atoms with van der Waals surface area (Å²) in [6, 6.07) is 0. The minimum atomic E-state index is -1.46. The van der Waals surface area contributed by atoms with Gasteiger partial charge in [0.1, 0.15) is 48.8 Å². The first-order valence-electron chi connectivity index (χ1n) is 26.5. The third-order valence-electron chi connectivity index (χ3n) is 15.7. The predicted molar refractivity (Wildman–Crippen MR) is 295 cm³/mol. The minimum Gasteiger partial charge on any atom is -0.394 e. The number of rotatable bonds is 22. The first-order chi connectivity index (χ1) is 34.9. The molecule has 0 bridgehead atoms. The second-order valence-electron chi connectivity index (χ2n) is 22.4. The van der Waals surface area contributed by atoms with Crippen molar-refractivity contribution in [2.75, 3.05) is 26.4 Å². The van der Waals surface area contributed by atoms with E-state index in [0.717, 1.165) is 48.0 Å². The molecular formula is C62H92O12. The topological polar surface area (TPSA) is 199 Å². The lowest BCUT2D eigenvalue weighted by atomic mass is 9.61. The van der Waals surface area contributed by atoms with Crippen molar-refractivity contribution in [3.8, 4) is 0 Å². The predicted octanol–water partition coefficient (Wildman–Crippen LogP) is 9.08. The van der Waals surface area contributed by atoms with Crippen molar-refractivity contribution in [3.05, 3.63) is 154 Å². The van der Waals surface area contributed by atoms with Crippen LogP contribution in [0.2, 0.25) is 0 Å². The summed E-state index contributed by atoms with van der Waals surface area (Å²) in [5.74, 6) is 1.35. The summed E-state index contributed by atoms with van der Waals surface area (Å²) in [5, 5.41) is 79.9. The summed E-state index contributed by atoms with van der Waals surface area (Å²) in [4.78, 5) is 0. The van der Waals surface area contributed by atoms with E-state index in [1.165, 1.54) is 22.3 Å². The first-order valence-corrected chi connectivity index (χ1v) is 26.5. The molecule has 4 aliphatic rings. The van der Waals surface area contributed by atoms with Gasteiger partial charge in [-0.2, -0.15) is 0 Å². The molecule has 0 saturated carbocycles. The zero-order chi connectivity index (χ0) is 54.9. The SMILES string of the molecule is CC1=CC[C@@H](C/C=C(\C)CO[C@@H]2O[C@H](CO)[C@@H](O)[C@H](O)[C@H]2O)C(C)(C)[C@@H]1/C=C/C(C)=C/C=C/C(C)=C/C=C/C=C(C)/C=C/C=C(C)/C=C/[C@@H]1C(C)=CC[C@@H](C/C=C(\C)CO[C@@H]2O[C@H](CO)[C@@H](O)[C@H](O)[C@H]2O)C1(C)C. The van der Waals surface area contributed by atoms with Gasteiger partial charge in [0.25, 0.3) is 0 Å². The van der Waals surface area contributed by atoms with Crippen molar-refractivity contribution < 1.29 is 59.8 Å². The van der Waals surface area contributed by atoms with Gasteiger partial charge in [-0.25, -0.2) is 0 Å².